The predicted octanol–water partition coefficient (Wildman–Crippen LogP) is 5.04. The first-order chi connectivity index (χ1) is 6.93. The van der Waals surface area contributed by atoms with E-state index in [0.29, 0.717) is 5.25 Å². The highest BCUT2D eigenvalue weighted by atomic mass is 32.1. The average Bonchev–Trinajstić information content (AvgIpc) is 2.22. The normalized spacial score (nSPS) is 20.0. The molecule has 0 rings (SSSR count). The molecule has 0 fully saturated rings. The largest absolute Gasteiger partial charge is 0.176 e. The fraction of sp³-hybridized carbons (Fsp3) is 1.00. The first-order valence-corrected chi connectivity index (χ1v) is 7.13. The van der Waals surface area contributed by atoms with Crippen LogP contribution in [0.3, 0.4) is 0 Å². The lowest BCUT2D eigenvalue weighted by molar-refractivity contribution is 0.217. The minimum absolute atomic E-state index is 0.580. The van der Waals surface area contributed by atoms with Gasteiger partial charge >= 0.3 is 0 Å². The van der Waals surface area contributed by atoms with E-state index in [1.807, 2.05) is 0 Å². The van der Waals surface area contributed by atoms with Crippen LogP contribution in [0.4, 0.5) is 0 Å². The van der Waals surface area contributed by atoms with Crippen molar-refractivity contribution in [3.8, 4) is 0 Å². The van der Waals surface area contributed by atoms with Gasteiger partial charge in [0.05, 0.1) is 0 Å². The van der Waals surface area contributed by atoms with Crippen molar-refractivity contribution in [2.24, 2.45) is 23.7 Å². The van der Waals surface area contributed by atoms with Gasteiger partial charge in [0.1, 0.15) is 0 Å². The van der Waals surface area contributed by atoms with E-state index in [9.17, 15) is 0 Å². The number of hydrogen-bond donors (Lipinski definition) is 1. The number of rotatable bonds is 7. The Kier molecular flexibility index (Phi) is 7.77. The molecule has 4 unspecified atom stereocenters. The molecule has 4 atom stereocenters. The van der Waals surface area contributed by atoms with Gasteiger partial charge in [-0.15, -0.1) is 0 Å². The van der Waals surface area contributed by atoms with Gasteiger partial charge in [-0.25, -0.2) is 0 Å². The summed E-state index contributed by atoms with van der Waals surface area (Å²) in [5.74, 6) is 3.21. The molecule has 15 heavy (non-hydrogen) atoms. The van der Waals surface area contributed by atoms with E-state index < -0.39 is 0 Å². The quantitative estimate of drug-likeness (QED) is 0.582. The number of thiol groups is 1. The molecule has 1 heteroatoms. The zero-order valence-corrected chi connectivity index (χ0v) is 12.3. The van der Waals surface area contributed by atoms with Crippen LogP contribution >= 0.6 is 12.6 Å². The maximum Gasteiger partial charge on any atom is 0.00452 e. The third-order valence-electron chi connectivity index (χ3n) is 3.87. The minimum Gasteiger partial charge on any atom is -0.176 e. The molecule has 0 nitrogen and oxygen atoms in total. The lowest BCUT2D eigenvalue weighted by Gasteiger charge is -2.33. The fourth-order valence-electron chi connectivity index (χ4n) is 2.36. The lowest BCUT2D eigenvalue weighted by Crippen LogP contribution is -2.27. The summed E-state index contributed by atoms with van der Waals surface area (Å²) in [7, 11) is 0. The van der Waals surface area contributed by atoms with Gasteiger partial charge in [-0.3, -0.25) is 0 Å². The molecule has 0 N–H and O–H groups in total. The van der Waals surface area contributed by atoms with Gasteiger partial charge in [-0.05, 0) is 36.5 Å². The SMILES string of the molecule is CCC(C)C(C)C(CC(C)C)C(S)CC. The van der Waals surface area contributed by atoms with Crippen LogP contribution in [0.15, 0.2) is 0 Å². The summed E-state index contributed by atoms with van der Waals surface area (Å²) in [6.07, 6.45) is 3.81. The van der Waals surface area contributed by atoms with E-state index in [1.165, 1.54) is 19.3 Å². The van der Waals surface area contributed by atoms with E-state index in [4.69, 9.17) is 12.6 Å². The molecule has 0 aromatic rings. The maximum absolute atomic E-state index is 4.77. The van der Waals surface area contributed by atoms with E-state index in [-0.39, 0.29) is 0 Å². The van der Waals surface area contributed by atoms with Crippen LogP contribution in [-0.2, 0) is 0 Å². The molecule has 0 spiro atoms. The molecule has 0 amide bonds. The molecular formula is C14H30S. The van der Waals surface area contributed by atoms with Gasteiger partial charge < -0.3 is 0 Å². The van der Waals surface area contributed by atoms with Crippen LogP contribution in [0.1, 0.15) is 60.8 Å². The van der Waals surface area contributed by atoms with Gasteiger partial charge in [0.2, 0.25) is 0 Å². The van der Waals surface area contributed by atoms with E-state index in [0.717, 1.165) is 23.7 Å². The van der Waals surface area contributed by atoms with Gasteiger partial charge in [-0.2, -0.15) is 12.6 Å². The standard InChI is InChI=1S/C14H30S/c1-7-11(5)12(6)13(9-10(3)4)14(15)8-2/h10-15H,7-9H2,1-6H3. The van der Waals surface area contributed by atoms with Crippen LogP contribution in [0.5, 0.6) is 0 Å². The minimum atomic E-state index is 0.580. The molecular weight excluding hydrogens is 200 g/mol. The second-order valence-corrected chi connectivity index (χ2v) is 6.18. The average molecular weight is 230 g/mol. The Morgan fingerprint density at radius 1 is 0.933 bits per heavy atom. The van der Waals surface area contributed by atoms with Crippen molar-refractivity contribution < 1.29 is 0 Å². The Hall–Kier alpha value is 0.350. The van der Waals surface area contributed by atoms with Crippen LogP contribution in [-0.4, -0.2) is 5.25 Å². The van der Waals surface area contributed by atoms with Crippen molar-refractivity contribution in [1.82, 2.24) is 0 Å². The summed E-state index contributed by atoms with van der Waals surface area (Å²) in [4.78, 5) is 0. The van der Waals surface area contributed by atoms with Crippen molar-refractivity contribution in [1.29, 1.82) is 0 Å². The molecule has 92 valence electrons. The van der Waals surface area contributed by atoms with E-state index >= 15 is 0 Å². The third-order valence-corrected chi connectivity index (χ3v) is 4.62. The predicted molar refractivity (Wildman–Crippen MR) is 74.6 cm³/mol. The summed E-state index contributed by atoms with van der Waals surface area (Å²) >= 11 is 4.77. The fourth-order valence-corrected chi connectivity index (χ4v) is 2.76. The van der Waals surface area contributed by atoms with Crippen molar-refractivity contribution >= 4 is 12.6 Å². The summed E-state index contributed by atoms with van der Waals surface area (Å²) in [6.45, 7) is 14.0. The maximum atomic E-state index is 4.77. The Morgan fingerprint density at radius 2 is 1.47 bits per heavy atom. The Labute approximate surface area is 103 Å². The van der Waals surface area contributed by atoms with Crippen molar-refractivity contribution in [3.05, 3.63) is 0 Å². The summed E-state index contributed by atoms with van der Waals surface area (Å²) < 4.78 is 0. The molecule has 0 saturated carbocycles. The third kappa shape index (κ3) is 5.29. The highest BCUT2D eigenvalue weighted by Crippen LogP contribution is 2.34. The molecule has 0 aliphatic carbocycles. The molecule has 0 radical (unpaired) electrons. The van der Waals surface area contributed by atoms with Gasteiger partial charge in [-0.1, -0.05) is 48.0 Å². The Morgan fingerprint density at radius 3 is 1.80 bits per heavy atom. The van der Waals surface area contributed by atoms with Gasteiger partial charge in [0.15, 0.2) is 0 Å². The lowest BCUT2D eigenvalue weighted by atomic mass is 9.76. The van der Waals surface area contributed by atoms with Gasteiger partial charge in [0, 0.05) is 5.25 Å². The first-order valence-electron chi connectivity index (χ1n) is 6.61. The van der Waals surface area contributed by atoms with Gasteiger partial charge in [0.25, 0.3) is 0 Å². The zero-order valence-electron chi connectivity index (χ0n) is 11.5. The highest BCUT2D eigenvalue weighted by Gasteiger charge is 2.26. The molecule has 0 aliphatic rings. The van der Waals surface area contributed by atoms with E-state index in [1.54, 1.807) is 0 Å². The van der Waals surface area contributed by atoms with Crippen molar-refractivity contribution in [2.45, 2.75) is 66.1 Å². The Bertz CT molecular complexity index is 153. The van der Waals surface area contributed by atoms with Crippen molar-refractivity contribution in [2.75, 3.05) is 0 Å². The molecule has 0 saturated heterocycles. The van der Waals surface area contributed by atoms with Crippen LogP contribution in [0, 0.1) is 23.7 Å². The molecule has 0 bridgehead atoms. The highest BCUT2D eigenvalue weighted by molar-refractivity contribution is 7.81. The second-order valence-electron chi connectivity index (χ2n) is 5.51. The summed E-state index contributed by atoms with van der Waals surface area (Å²) in [5, 5.41) is 0.580. The number of hydrogen-bond acceptors (Lipinski definition) is 1. The smallest absolute Gasteiger partial charge is 0.00452 e. The summed E-state index contributed by atoms with van der Waals surface area (Å²) in [5.41, 5.74) is 0. The zero-order chi connectivity index (χ0) is 12.0. The molecule has 0 aromatic carbocycles. The summed E-state index contributed by atoms with van der Waals surface area (Å²) in [6, 6.07) is 0. The monoisotopic (exact) mass is 230 g/mol. The molecule has 0 aliphatic heterocycles. The van der Waals surface area contributed by atoms with Crippen LogP contribution in [0.2, 0.25) is 0 Å². The first kappa shape index (κ1) is 15.3. The second kappa shape index (κ2) is 7.60. The van der Waals surface area contributed by atoms with Crippen LogP contribution < -0.4 is 0 Å². The van der Waals surface area contributed by atoms with E-state index in [2.05, 4.69) is 41.5 Å². The van der Waals surface area contributed by atoms with Crippen molar-refractivity contribution in [3.63, 3.8) is 0 Å². The molecule has 0 aromatic heterocycles. The van der Waals surface area contributed by atoms with Crippen LogP contribution in [0.25, 0.3) is 0 Å². The topological polar surface area (TPSA) is 0 Å². The Balaban J connectivity index is 4.46. The molecule has 0 heterocycles.